The van der Waals surface area contributed by atoms with Crippen molar-refractivity contribution in [1.29, 1.82) is 0 Å². The number of hydrogen-bond donors (Lipinski definition) is 3. The summed E-state index contributed by atoms with van der Waals surface area (Å²) in [5.41, 5.74) is -0.314. The van der Waals surface area contributed by atoms with Crippen LogP contribution in [0.2, 0.25) is 0 Å². The molecule has 0 bridgehead atoms. The highest BCUT2D eigenvalue weighted by atomic mass is 32.2. The van der Waals surface area contributed by atoms with Crippen LogP contribution in [0.4, 0.5) is 19.0 Å². The number of halogens is 3. The van der Waals surface area contributed by atoms with Crippen LogP contribution >= 0.6 is 11.3 Å². The molecule has 40 heavy (non-hydrogen) atoms. The van der Waals surface area contributed by atoms with Crippen molar-refractivity contribution in [3.8, 4) is 0 Å². The number of aliphatic hydroxyl groups excluding tert-OH is 1. The van der Waals surface area contributed by atoms with E-state index in [1.807, 2.05) is 0 Å². The standard InChI is InChI=1S/C23H25F3N6O6S2/c1-11-14(20-22-31-18(23(24,25)26)8-32(22)2-3-37-20)6-17(39-11)19(34)15-7-28-10-29-21(15)30-13-4-12(16(33)5-13)9-38-40(27,35)36/h6-8,10,12-13,16,20,33H,2-5,9H2,1H3,(H2,27,35,36)(H,28,29,30)/t12-,13-,16+,20+/m1/s1. The molecule has 0 amide bonds. The van der Waals surface area contributed by atoms with Crippen LogP contribution in [0, 0.1) is 12.8 Å². The van der Waals surface area contributed by atoms with Crippen molar-refractivity contribution >= 4 is 33.2 Å². The Hall–Kier alpha value is -2.96. The summed E-state index contributed by atoms with van der Waals surface area (Å²) >= 11 is 1.16. The Morgan fingerprint density at radius 2 is 2.15 bits per heavy atom. The monoisotopic (exact) mass is 602 g/mol. The molecule has 0 spiro atoms. The number of thiophene rings is 1. The molecule has 1 fully saturated rings. The average molecular weight is 603 g/mol. The SMILES string of the molecule is Cc1sc(C(=O)c2cncnc2N[C@@H]2C[C@H](COS(N)(=O)=O)[C@@H](O)C2)cc1[C@@H]1OCCn2cc(C(F)(F)F)nc21. The Labute approximate surface area is 230 Å². The smallest absolute Gasteiger partial charge is 0.393 e. The number of ketones is 1. The number of rotatable bonds is 8. The van der Waals surface area contributed by atoms with Crippen molar-refractivity contribution in [1.82, 2.24) is 19.5 Å². The van der Waals surface area contributed by atoms with Gasteiger partial charge in [-0.3, -0.25) is 8.98 Å². The van der Waals surface area contributed by atoms with E-state index < -0.39 is 46.1 Å². The summed E-state index contributed by atoms with van der Waals surface area (Å²) in [6.45, 7) is 1.88. The number of nitrogens with zero attached hydrogens (tertiary/aromatic N) is 4. The number of aryl methyl sites for hydroxylation is 1. The van der Waals surface area contributed by atoms with Gasteiger partial charge < -0.3 is 19.7 Å². The fourth-order valence-electron chi connectivity index (χ4n) is 4.91. The summed E-state index contributed by atoms with van der Waals surface area (Å²) in [6.07, 6.45) is -2.17. The molecule has 1 aliphatic heterocycles. The number of anilines is 1. The first kappa shape index (κ1) is 28.6. The van der Waals surface area contributed by atoms with Crippen LogP contribution < -0.4 is 10.5 Å². The van der Waals surface area contributed by atoms with E-state index in [0.717, 1.165) is 17.5 Å². The molecule has 17 heteroatoms. The molecule has 0 radical (unpaired) electrons. The first-order chi connectivity index (χ1) is 18.8. The van der Waals surface area contributed by atoms with Crippen LogP contribution in [0.25, 0.3) is 0 Å². The second-order valence-corrected chi connectivity index (χ2v) is 12.1. The molecule has 0 unspecified atom stereocenters. The number of hydrogen-bond acceptors (Lipinski definition) is 11. The van der Waals surface area contributed by atoms with Crippen molar-refractivity contribution in [2.45, 2.75) is 50.7 Å². The van der Waals surface area contributed by atoms with E-state index in [0.29, 0.717) is 21.7 Å². The van der Waals surface area contributed by atoms with E-state index in [4.69, 9.17) is 9.88 Å². The molecule has 0 saturated heterocycles. The van der Waals surface area contributed by atoms with Gasteiger partial charge in [-0.15, -0.1) is 11.3 Å². The Balaban J connectivity index is 1.35. The van der Waals surface area contributed by atoms with Gasteiger partial charge in [0.1, 0.15) is 24.1 Å². The van der Waals surface area contributed by atoms with Gasteiger partial charge in [0.05, 0.1) is 29.8 Å². The minimum absolute atomic E-state index is 0.115. The molecule has 216 valence electrons. The number of aliphatic hydroxyl groups is 1. The molecule has 5 rings (SSSR count). The van der Waals surface area contributed by atoms with Crippen LogP contribution in [-0.4, -0.2) is 64.2 Å². The molecule has 4 atom stereocenters. The molecule has 4 heterocycles. The lowest BCUT2D eigenvalue weighted by atomic mass is 10.1. The maximum absolute atomic E-state index is 13.5. The van der Waals surface area contributed by atoms with E-state index in [-0.39, 0.29) is 49.4 Å². The first-order valence-corrected chi connectivity index (χ1v) is 14.4. The molecule has 3 aromatic rings. The lowest BCUT2D eigenvalue weighted by Crippen LogP contribution is -2.24. The summed E-state index contributed by atoms with van der Waals surface area (Å²) in [5.74, 6) is -0.577. The predicted octanol–water partition coefficient (Wildman–Crippen LogP) is 2.18. The summed E-state index contributed by atoms with van der Waals surface area (Å²) in [4.78, 5) is 26.5. The van der Waals surface area contributed by atoms with Crippen molar-refractivity contribution in [2.75, 3.05) is 18.5 Å². The summed E-state index contributed by atoms with van der Waals surface area (Å²) in [5, 5.41) is 18.3. The van der Waals surface area contributed by atoms with Gasteiger partial charge in [0.15, 0.2) is 5.69 Å². The topological polar surface area (TPSA) is 172 Å². The molecule has 1 saturated carbocycles. The van der Waals surface area contributed by atoms with E-state index in [1.54, 1.807) is 13.0 Å². The van der Waals surface area contributed by atoms with E-state index in [2.05, 4.69) is 24.5 Å². The predicted molar refractivity (Wildman–Crippen MR) is 135 cm³/mol. The molecule has 4 N–H and O–H groups in total. The lowest BCUT2D eigenvalue weighted by molar-refractivity contribution is -0.141. The number of ether oxygens (including phenoxy) is 1. The second-order valence-electron chi connectivity index (χ2n) is 9.58. The zero-order chi connectivity index (χ0) is 28.8. The fourth-order valence-corrected chi connectivity index (χ4v) is 6.28. The Bertz CT molecular complexity index is 1530. The molecule has 2 aliphatic rings. The highest BCUT2D eigenvalue weighted by Gasteiger charge is 2.38. The minimum atomic E-state index is -4.60. The average Bonchev–Trinajstić information content (AvgIpc) is 3.58. The number of alkyl halides is 3. The highest BCUT2D eigenvalue weighted by Crippen LogP contribution is 2.38. The zero-order valence-electron chi connectivity index (χ0n) is 21.0. The van der Waals surface area contributed by atoms with Crippen LogP contribution in [0.5, 0.6) is 0 Å². The Morgan fingerprint density at radius 3 is 2.88 bits per heavy atom. The second kappa shape index (κ2) is 10.8. The summed E-state index contributed by atoms with van der Waals surface area (Å²) in [7, 11) is -4.15. The van der Waals surface area contributed by atoms with Gasteiger partial charge in [0.25, 0.3) is 0 Å². The molecular weight excluding hydrogens is 577 g/mol. The highest BCUT2D eigenvalue weighted by molar-refractivity contribution is 7.84. The van der Waals surface area contributed by atoms with Crippen LogP contribution in [0.3, 0.4) is 0 Å². The van der Waals surface area contributed by atoms with Crippen LogP contribution in [0.1, 0.15) is 56.1 Å². The quantitative estimate of drug-likeness (QED) is 0.325. The number of carbonyl (C=O) groups is 1. The normalized spacial score (nSPS) is 23.2. The summed E-state index contributed by atoms with van der Waals surface area (Å²) in [6, 6.07) is 1.24. The fraction of sp³-hybridized carbons (Fsp3) is 0.478. The van der Waals surface area contributed by atoms with E-state index >= 15 is 0 Å². The van der Waals surface area contributed by atoms with Crippen molar-refractivity contribution in [2.24, 2.45) is 11.1 Å². The molecule has 1 aliphatic carbocycles. The maximum atomic E-state index is 13.5. The lowest BCUT2D eigenvalue weighted by Gasteiger charge is -2.24. The minimum Gasteiger partial charge on any atom is -0.393 e. The summed E-state index contributed by atoms with van der Waals surface area (Å²) < 4.78 is 73.8. The number of nitrogens with two attached hydrogens (primary N) is 1. The van der Waals surface area contributed by atoms with Gasteiger partial charge in [-0.2, -0.15) is 21.6 Å². The van der Waals surface area contributed by atoms with Gasteiger partial charge in [-0.1, -0.05) is 0 Å². The largest absolute Gasteiger partial charge is 0.434 e. The van der Waals surface area contributed by atoms with E-state index in [9.17, 15) is 31.5 Å². The van der Waals surface area contributed by atoms with Crippen molar-refractivity contribution in [3.05, 3.63) is 57.2 Å². The molecular formula is C23H25F3N6O6S2. The van der Waals surface area contributed by atoms with Crippen LogP contribution in [-0.2, 0) is 31.9 Å². The van der Waals surface area contributed by atoms with E-state index in [1.165, 1.54) is 17.1 Å². The van der Waals surface area contributed by atoms with Crippen LogP contribution in [0.15, 0.2) is 24.8 Å². The number of aromatic nitrogens is 4. The van der Waals surface area contributed by atoms with Gasteiger partial charge >= 0.3 is 16.5 Å². The molecule has 0 aromatic carbocycles. The third-order valence-electron chi connectivity index (χ3n) is 6.81. The number of fused-ring (bicyclic) bond motifs is 1. The number of imidazole rings is 1. The third kappa shape index (κ3) is 6.03. The Kier molecular flexibility index (Phi) is 7.71. The van der Waals surface area contributed by atoms with Gasteiger partial charge in [-0.05, 0) is 25.8 Å². The van der Waals surface area contributed by atoms with Gasteiger partial charge in [0, 0.05) is 41.3 Å². The Morgan fingerprint density at radius 1 is 1.38 bits per heavy atom. The van der Waals surface area contributed by atoms with Crippen molar-refractivity contribution in [3.63, 3.8) is 0 Å². The molecule has 12 nitrogen and oxygen atoms in total. The molecule has 3 aromatic heterocycles. The van der Waals surface area contributed by atoms with Gasteiger partial charge in [-0.25, -0.2) is 20.1 Å². The third-order valence-corrected chi connectivity index (χ3v) is 8.34. The zero-order valence-corrected chi connectivity index (χ0v) is 22.6. The van der Waals surface area contributed by atoms with Crippen molar-refractivity contribution < 1.29 is 40.4 Å². The van der Waals surface area contributed by atoms with Gasteiger partial charge in [0.2, 0.25) is 5.78 Å². The maximum Gasteiger partial charge on any atom is 0.434 e. The first-order valence-electron chi connectivity index (χ1n) is 12.1. The number of carbonyl (C=O) groups excluding carboxylic acids is 1. The number of nitrogens with one attached hydrogen (secondary N) is 1.